The van der Waals surface area contributed by atoms with Crippen molar-refractivity contribution in [3.8, 4) is 11.1 Å². The van der Waals surface area contributed by atoms with Crippen LogP contribution in [0.2, 0.25) is 0 Å². The van der Waals surface area contributed by atoms with Crippen molar-refractivity contribution in [1.82, 2.24) is 0 Å². The molecule has 0 aliphatic rings. The Morgan fingerprint density at radius 1 is 0.850 bits per heavy atom. The number of carbonyl (C=O) groups excluding carboxylic acids is 1. The molecule has 100 valence electrons. The molecule has 0 heterocycles. The van der Waals surface area contributed by atoms with Gasteiger partial charge in [0, 0.05) is 5.56 Å². The molecule has 0 aliphatic carbocycles. The first-order valence-corrected chi connectivity index (χ1v) is 5.69. The number of aromatic carboxylic acids is 2. The number of aldehydes is 1. The van der Waals surface area contributed by atoms with Crippen LogP contribution >= 0.6 is 0 Å². The molecule has 0 fully saturated rings. The Bertz CT molecular complexity index is 686. The van der Waals surface area contributed by atoms with E-state index >= 15 is 0 Å². The molecule has 0 saturated heterocycles. The Morgan fingerprint density at radius 3 is 1.90 bits per heavy atom. The lowest BCUT2D eigenvalue weighted by Crippen LogP contribution is -1.99. The Kier molecular flexibility index (Phi) is 3.61. The van der Waals surface area contributed by atoms with Crippen molar-refractivity contribution in [3.63, 3.8) is 0 Å². The van der Waals surface area contributed by atoms with Crippen LogP contribution in [0.5, 0.6) is 0 Å². The van der Waals surface area contributed by atoms with Crippen molar-refractivity contribution in [2.75, 3.05) is 0 Å². The highest BCUT2D eigenvalue weighted by atomic mass is 16.4. The first kappa shape index (κ1) is 13.5. The minimum Gasteiger partial charge on any atom is -0.478 e. The zero-order chi connectivity index (χ0) is 14.7. The first-order chi connectivity index (χ1) is 9.52. The van der Waals surface area contributed by atoms with Crippen LogP contribution in [-0.2, 0) is 0 Å². The summed E-state index contributed by atoms with van der Waals surface area (Å²) in [6, 6.07) is 10.2. The monoisotopic (exact) mass is 270 g/mol. The molecule has 0 saturated carbocycles. The second kappa shape index (κ2) is 5.36. The van der Waals surface area contributed by atoms with Gasteiger partial charge in [-0.25, -0.2) is 9.59 Å². The van der Waals surface area contributed by atoms with E-state index in [2.05, 4.69) is 0 Å². The smallest absolute Gasteiger partial charge is 0.335 e. The van der Waals surface area contributed by atoms with Gasteiger partial charge in [0.2, 0.25) is 0 Å². The lowest BCUT2D eigenvalue weighted by molar-refractivity contribution is 0.0686. The summed E-state index contributed by atoms with van der Waals surface area (Å²) in [7, 11) is 0. The van der Waals surface area contributed by atoms with Crippen LogP contribution in [-0.4, -0.2) is 28.4 Å². The van der Waals surface area contributed by atoms with Gasteiger partial charge in [0.15, 0.2) is 6.29 Å². The summed E-state index contributed by atoms with van der Waals surface area (Å²) in [4.78, 5) is 32.7. The van der Waals surface area contributed by atoms with Crippen LogP contribution in [0.3, 0.4) is 0 Å². The van der Waals surface area contributed by atoms with Crippen LogP contribution in [0, 0.1) is 0 Å². The van der Waals surface area contributed by atoms with Gasteiger partial charge in [-0.1, -0.05) is 18.2 Å². The van der Waals surface area contributed by atoms with Crippen molar-refractivity contribution in [3.05, 3.63) is 59.2 Å². The predicted octanol–water partition coefficient (Wildman–Crippen LogP) is 2.56. The Balaban J connectivity index is 2.49. The standard InChI is InChI=1S/C15H10O5/c16-8-12-7-11(15(19)20)5-6-13(12)9-1-3-10(4-2-9)14(17)18/h1-8H,(H,17,18)(H,19,20). The van der Waals surface area contributed by atoms with Gasteiger partial charge in [0.05, 0.1) is 11.1 Å². The van der Waals surface area contributed by atoms with Gasteiger partial charge >= 0.3 is 11.9 Å². The molecular formula is C15H10O5. The maximum absolute atomic E-state index is 11.1. The molecule has 2 rings (SSSR count). The minimum absolute atomic E-state index is 0.0259. The third-order valence-electron chi connectivity index (χ3n) is 2.87. The number of rotatable bonds is 4. The molecule has 5 nitrogen and oxygen atoms in total. The molecule has 2 N–H and O–H groups in total. The molecule has 0 atom stereocenters. The van der Waals surface area contributed by atoms with Gasteiger partial charge in [-0.2, -0.15) is 0 Å². The molecule has 2 aromatic carbocycles. The number of carboxylic acids is 2. The second-order valence-corrected chi connectivity index (χ2v) is 4.11. The fourth-order valence-electron chi connectivity index (χ4n) is 1.85. The third-order valence-corrected chi connectivity index (χ3v) is 2.87. The summed E-state index contributed by atoms with van der Waals surface area (Å²) in [5, 5.41) is 17.7. The predicted molar refractivity (Wildman–Crippen MR) is 71.2 cm³/mol. The molecule has 0 bridgehead atoms. The highest BCUT2D eigenvalue weighted by molar-refractivity contribution is 5.95. The fraction of sp³-hybridized carbons (Fsp3) is 0. The second-order valence-electron chi connectivity index (χ2n) is 4.11. The summed E-state index contributed by atoms with van der Waals surface area (Å²) < 4.78 is 0. The zero-order valence-corrected chi connectivity index (χ0v) is 10.2. The number of benzene rings is 2. The molecule has 0 aromatic heterocycles. The average molecular weight is 270 g/mol. The van der Waals surface area contributed by atoms with Crippen LogP contribution in [0.4, 0.5) is 0 Å². The lowest BCUT2D eigenvalue weighted by atomic mass is 9.97. The van der Waals surface area contributed by atoms with Crippen molar-refractivity contribution >= 4 is 18.2 Å². The van der Waals surface area contributed by atoms with E-state index in [-0.39, 0.29) is 16.7 Å². The number of carbonyl (C=O) groups is 3. The van der Waals surface area contributed by atoms with E-state index in [9.17, 15) is 14.4 Å². The lowest BCUT2D eigenvalue weighted by Gasteiger charge is -2.06. The molecule has 0 unspecified atom stereocenters. The van der Waals surface area contributed by atoms with Crippen molar-refractivity contribution in [2.24, 2.45) is 0 Å². The van der Waals surface area contributed by atoms with Crippen LogP contribution in [0.15, 0.2) is 42.5 Å². The summed E-state index contributed by atoms with van der Waals surface area (Å²) in [5.74, 6) is -2.14. The Labute approximate surface area is 114 Å². The molecule has 5 heteroatoms. The summed E-state index contributed by atoms with van der Waals surface area (Å²) in [6.07, 6.45) is 0.576. The van der Waals surface area contributed by atoms with Gasteiger partial charge < -0.3 is 10.2 Å². The molecule has 2 aromatic rings. The van der Waals surface area contributed by atoms with Gasteiger partial charge in [-0.15, -0.1) is 0 Å². The van der Waals surface area contributed by atoms with Gasteiger partial charge in [-0.05, 0) is 35.4 Å². The maximum atomic E-state index is 11.1. The van der Waals surface area contributed by atoms with E-state index < -0.39 is 11.9 Å². The Morgan fingerprint density at radius 2 is 1.40 bits per heavy atom. The highest BCUT2D eigenvalue weighted by Crippen LogP contribution is 2.24. The van der Waals surface area contributed by atoms with E-state index in [1.165, 1.54) is 30.3 Å². The summed E-state index contributed by atoms with van der Waals surface area (Å²) in [5.41, 5.74) is 1.62. The topological polar surface area (TPSA) is 91.7 Å². The van der Waals surface area contributed by atoms with E-state index in [1.54, 1.807) is 12.1 Å². The van der Waals surface area contributed by atoms with E-state index in [0.717, 1.165) is 0 Å². The van der Waals surface area contributed by atoms with E-state index in [0.29, 0.717) is 17.4 Å². The maximum Gasteiger partial charge on any atom is 0.335 e. The van der Waals surface area contributed by atoms with Crippen LogP contribution in [0.1, 0.15) is 31.1 Å². The quantitative estimate of drug-likeness (QED) is 0.833. The molecule has 0 aliphatic heterocycles. The number of hydrogen-bond donors (Lipinski definition) is 2. The molecule has 0 spiro atoms. The summed E-state index contributed by atoms with van der Waals surface area (Å²) in [6.45, 7) is 0. The minimum atomic E-state index is -1.11. The summed E-state index contributed by atoms with van der Waals surface area (Å²) >= 11 is 0. The molecule has 0 amide bonds. The first-order valence-electron chi connectivity index (χ1n) is 5.69. The molecule has 0 radical (unpaired) electrons. The van der Waals surface area contributed by atoms with Crippen molar-refractivity contribution < 1.29 is 24.6 Å². The SMILES string of the molecule is O=Cc1cc(C(=O)O)ccc1-c1ccc(C(=O)O)cc1. The van der Waals surface area contributed by atoms with E-state index in [1.807, 2.05) is 0 Å². The number of hydrogen-bond acceptors (Lipinski definition) is 3. The normalized spacial score (nSPS) is 10.0. The van der Waals surface area contributed by atoms with Crippen LogP contribution < -0.4 is 0 Å². The Hall–Kier alpha value is -2.95. The van der Waals surface area contributed by atoms with Gasteiger partial charge in [-0.3, -0.25) is 4.79 Å². The van der Waals surface area contributed by atoms with Crippen molar-refractivity contribution in [1.29, 1.82) is 0 Å². The molecular weight excluding hydrogens is 260 g/mol. The average Bonchev–Trinajstić information content (AvgIpc) is 2.46. The van der Waals surface area contributed by atoms with Crippen LogP contribution in [0.25, 0.3) is 11.1 Å². The van der Waals surface area contributed by atoms with Gasteiger partial charge in [0.25, 0.3) is 0 Å². The van der Waals surface area contributed by atoms with Gasteiger partial charge in [0.1, 0.15) is 0 Å². The zero-order valence-electron chi connectivity index (χ0n) is 10.2. The number of carboxylic acid groups (broad SMARTS) is 2. The highest BCUT2D eigenvalue weighted by Gasteiger charge is 2.10. The van der Waals surface area contributed by atoms with Crippen molar-refractivity contribution in [2.45, 2.75) is 0 Å². The third kappa shape index (κ3) is 2.56. The van der Waals surface area contributed by atoms with E-state index in [4.69, 9.17) is 10.2 Å². The molecule has 20 heavy (non-hydrogen) atoms. The fourth-order valence-corrected chi connectivity index (χ4v) is 1.85. The largest absolute Gasteiger partial charge is 0.478 e.